The van der Waals surface area contributed by atoms with Crippen molar-refractivity contribution < 1.29 is 5.11 Å². The molecule has 1 saturated carbocycles. The molecular formula is C22H30N6O. The quantitative estimate of drug-likeness (QED) is 0.852. The standard InChI is InChI=1S/C22H30N6O/c1-26-14-23-9-16(26)10-27-8-2-6-22(13-27)7-5-18-19(22)24-20(15-3-4-15)25-21(18)28-11-17(29)12-28/h9,14-15,17,29H,2-8,10-13H2,1H3. The minimum absolute atomic E-state index is 0.164. The molecule has 7 heteroatoms. The van der Waals surface area contributed by atoms with E-state index in [9.17, 15) is 5.11 Å². The minimum atomic E-state index is -0.204. The van der Waals surface area contributed by atoms with Gasteiger partial charge < -0.3 is 14.6 Å². The van der Waals surface area contributed by atoms with Gasteiger partial charge in [0.1, 0.15) is 11.6 Å². The van der Waals surface area contributed by atoms with Crippen molar-refractivity contribution in [3.05, 3.63) is 35.3 Å². The van der Waals surface area contributed by atoms with Gasteiger partial charge in [-0.15, -0.1) is 0 Å². The molecule has 4 heterocycles. The third kappa shape index (κ3) is 2.97. The fourth-order valence-corrected chi connectivity index (χ4v) is 5.58. The number of fused-ring (bicyclic) bond motifs is 2. The average molecular weight is 395 g/mol. The molecule has 0 bridgehead atoms. The Hall–Kier alpha value is -1.99. The maximum absolute atomic E-state index is 9.84. The molecule has 29 heavy (non-hydrogen) atoms. The van der Waals surface area contributed by atoms with E-state index in [-0.39, 0.29) is 11.5 Å². The molecular weight excluding hydrogens is 364 g/mol. The Labute approximate surface area is 171 Å². The smallest absolute Gasteiger partial charge is 0.135 e. The number of β-amino-alcohol motifs (C(OH)–C–C–N with tert-alkyl or cyclic N) is 1. The van der Waals surface area contributed by atoms with E-state index in [0.717, 1.165) is 37.7 Å². The monoisotopic (exact) mass is 394 g/mol. The van der Waals surface area contributed by atoms with Gasteiger partial charge in [0.15, 0.2) is 0 Å². The second kappa shape index (κ2) is 6.51. The van der Waals surface area contributed by atoms with Crippen molar-refractivity contribution in [2.24, 2.45) is 7.05 Å². The van der Waals surface area contributed by atoms with Crippen molar-refractivity contribution in [3.8, 4) is 0 Å². The molecule has 2 aromatic heterocycles. The SMILES string of the molecule is Cn1cncc1CN1CCCC2(CCc3c(N4CC(O)C4)nc(C4CC4)nc32)C1. The molecule has 6 rings (SSSR count). The summed E-state index contributed by atoms with van der Waals surface area (Å²) in [6.45, 7) is 4.61. The molecule has 1 atom stereocenters. The van der Waals surface area contributed by atoms with E-state index in [1.165, 1.54) is 49.1 Å². The second-order valence-corrected chi connectivity index (χ2v) is 9.66. The first-order valence-corrected chi connectivity index (χ1v) is 11.1. The summed E-state index contributed by atoms with van der Waals surface area (Å²) in [5, 5.41) is 9.84. The number of nitrogens with zero attached hydrogens (tertiary/aromatic N) is 6. The van der Waals surface area contributed by atoms with Crippen LogP contribution in [0.2, 0.25) is 0 Å². The number of aromatic nitrogens is 4. The van der Waals surface area contributed by atoms with Gasteiger partial charge in [-0.3, -0.25) is 4.90 Å². The highest BCUT2D eigenvalue weighted by Crippen LogP contribution is 2.49. The van der Waals surface area contributed by atoms with Gasteiger partial charge in [0, 0.05) is 56.3 Å². The van der Waals surface area contributed by atoms with Crippen LogP contribution >= 0.6 is 0 Å². The predicted octanol–water partition coefficient (Wildman–Crippen LogP) is 1.75. The van der Waals surface area contributed by atoms with Crippen molar-refractivity contribution in [2.75, 3.05) is 31.1 Å². The molecule has 2 aliphatic carbocycles. The summed E-state index contributed by atoms with van der Waals surface area (Å²) < 4.78 is 2.13. The van der Waals surface area contributed by atoms with E-state index in [1.54, 1.807) is 0 Å². The highest BCUT2D eigenvalue weighted by atomic mass is 16.3. The van der Waals surface area contributed by atoms with Gasteiger partial charge in [0.05, 0.1) is 23.8 Å². The van der Waals surface area contributed by atoms with Gasteiger partial charge in [0.2, 0.25) is 0 Å². The fraction of sp³-hybridized carbons (Fsp3) is 0.682. The Bertz CT molecular complexity index is 931. The number of hydrogen-bond donors (Lipinski definition) is 1. The highest BCUT2D eigenvalue weighted by Gasteiger charge is 2.46. The Morgan fingerprint density at radius 2 is 2.07 bits per heavy atom. The third-order valence-corrected chi connectivity index (χ3v) is 7.42. The molecule has 2 aromatic rings. The zero-order chi connectivity index (χ0) is 19.6. The van der Waals surface area contributed by atoms with Gasteiger partial charge in [0.25, 0.3) is 0 Å². The van der Waals surface area contributed by atoms with E-state index in [2.05, 4.69) is 26.4 Å². The molecule has 1 N–H and O–H groups in total. The molecule has 1 spiro atoms. The van der Waals surface area contributed by atoms with Gasteiger partial charge in [-0.25, -0.2) is 15.0 Å². The van der Waals surface area contributed by atoms with Crippen LogP contribution in [-0.4, -0.2) is 61.8 Å². The lowest BCUT2D eigenvalue weighted by Gasteiger charge is -2.41. The Balaban J connectivity index is 1.34. The average Bonchev–Trinajstić information content (AvgIpc) is 3.40. The van der Waals surface area contributed by atoms with Crippen LogP contribution in [0.25, 0.3) is 0 Å². The molecule has 4 aliphatic rings. The van der Waals surface area contributed by atoms with E-state index < -0.39 is 0 Å². The Kier molecular flexibility index (Phi) is 4.00. The van der Waals surface area contributed by atoms with Crippen molar-refractivity contribution >= 4 is 5.82 Å². The van der Waals surface area contributed by atoms with Crippen molar-refractivity contribution in [2.45, 2.75) is 62.5 Å². The minimum Gasteiger partial charge on any atom is -0.389 e. The Morgan fingerprint density at radius 1 is 1.21 bits per heavy atom. The largest absolute Gasteiger partial charge is 0.389 e. The van der Waals surface area contributed by atoms with Gasteiger partial charge >= 0.3 is 0 Å². The molecule has 3 fully saturated rings. The maximum Gasteiger partial charge on any atom is 0.135 e. The number of aliphatic hydroxyl groups is 1. The lowest BCUT2D eigenvalue weighted by atomic mass is 9.77. The number of imidazole rings is 1. The third-order valence-electron chi connectivity index (χ3n) is 7.42. The van der Waals surface area contributed by atoms with Gasteiger partial charge in [-0.05, 0) is 45.1 Å². The zero-order valence-electron chi connectivity index (χ0n) is 17.2. The van der Waals surface area contributed by atoms with Crippen molar-refractivity contribution in [3.63, 3.8) is 0 Å². The van der Waals surface area contributed by atoms with E-state index in [4.69, 9.17) is 9.97 Å². The maximum atomic E-state index is 9.84. The number of aliphatic hydroxyl groups excluding tert-OH is 1. The zero-order valence-corrected chi connectivity index (χ0v) is 17.2. The number of aryl methyl sites for hydroxylation is 1. The lowest BCUT2D eigenvalue weighted by Crippen LogP contribution is -2.51. The number of anilines is 1. The summed E-state index contributed by atoms with van der Waals surface area (Å²) >= 11 is 0. The molecule has 1 unspecified atom stereocenters. The Morgan fingerprint density at radius 3 is 2.79 bits per heavy atom. The molecule has 0 aromatic carbocycles. The van der Waals surface area contributed by atoms with Crippen LogP contribution in [0.1, 0.15) is 60.8 Å². The van der Waals surface area contributed by atoms with Crippen LogP contribution in [0, 0.1) is 0 Å². The number of likely N-dealkylation sites (tertiary alicyclic amines) is 1. The predicted molar refractivity (Wildman–Crippen MR) is 110 cm³/mol. The van der Waals surface area contributed by atoms with E-state index in [1.807, 2.05) is 12.5 Å². The van der Waals surface area contributed by atoms with Crippen molar-refractivity contribution in [1.29, 1.82) is 0 Å². The molecule has 154 valence electrons. The first-order valence-electron chi connectivity index (χ1n) is 11.1. The number of piperidine rings is 1. The number of rotatable bonds is 4. The summed E-state index contributed by atoms with van der Waals surface area (Å²) in [4.78, 5) is 19.4. The lowest BCUT2D eigenvalue weighted by molar-refractivity contribution is 0.134. The summed E-state index contributed by atoms with van der Waals surface area (Å²) in [5.41, 5.74) is 4.14. The summed E-state index contributed by atoms with van der Waals surface area (Å²) in [6.07, 6.45) is 10.8. The first kappa shape index (κ1) is 17.8. The topological polar surface area (TPSA) is 70.3 Å². The molecule has 0 radical (unpaired) electrons. The molecule has 0 amide bonds. The molecule has 2 saturated heterocycles. The second-order valence-electron chi connectivity index (χ2n) is 9.66. The van der Waals surface area contributed by atoms with Crippen LogP contribution in [0.3, 0.4) is 0 Å². The van der Waals surface area contributed by atoms with Crippen molar-refractivity contribution in [1.82, 2.24) is 24.4 Å². The van der Waals surface area contributed by atoms with Crippen LogP contribution in [0.15, 0.2) is 12.5 Å². The summed E-state index contributed by atoms with van der Waals surface area (Å²) in [6, 6.07) is 0. The molecule has 7 nitrogen and oxygen atoms in total. The van der Waals surface area contributed by atoms with Crippen LogP contribution in [-0.2, 0) is 25.4 Å². The van der Waals surface area contributed by atoms with Crippen LogP contribution in [0.4, 0.5) is 5.82 Å². The summed E-state index contributed by atoms with van der Waals surface area (Å²) in [5.74, 6) is 2.74. The normalized spacial score (nSPS) is 27.4. The molecule has 2 aliphatic heterocycles. The highest BCUT2D eigenvalue weighted by molar-refractivity contribution is 5.56. The summed E-state index contributed by atoms with van der Waals surface area (Å²) in [7, 11) is 2.08. The fourth-order valence-electron chi connectivity index (χ4n) is 5.58. The van der Waals surface area contributed by atoms with Crippen LogP contribution < -0.4 is 4.90 Å². The van der Waals surface area contributed by atoms with E-state index in [0.29, 0.717) is 19.0 Å². The number of hydrogen-bond acceptors (Lipinski definition) is 6. The van der Waals surface area contributed by atoms with E-state index >= 15 is 0 Å². The van der Waals surface area contributed by atoms with Gasteiger partial charge in [-0.2, -0.15) is 0 Å². The first-order chi connectivity index (χ1) is 14.1. The van der Waals surface area contributed by atoms with Gasteiger partial charge in [-0.1, -0.05) is 0 Å². The van der Waals surface area contributed by atoms with Crippen LogP contribution in [0.5, 0.6) is 0 Å².